The summed E-state index contributed by atoms with van der Waals surface area (Å²) >= 11 is 5.86. The van der Waals surface area contributed by atoms with E-state index in [1.165, 1.54) is 6.08 Å². The Kier molecular flexibility index (Phi) is 4.68. The molecule has 88 valence electrons. The predicted octanol–water partition coefficient (Wildman–Crippen LogP) is 2.51. The highest BCUT2D eigenvalue weighted by Crippen LogP contribution is 2.17. The van der Waals surface area contributed by atoms with Gasteiger partial charge in [-0.15, -0.1) is 0 Å². The number of aryl methyl sites for hydroxylation is 1. The van der Waals surface area contributed by atoms with Gasteiger partial charge in [0.15, 0.2) is 0 Å². The van der Waals surface area contributed by atoms with E-state index in [0.717, 1.165) is 5.56 Å². The summed E-state index contributed by atoms with van der Waals surface area (Å²) in [6.45, 7) is 3.74. The molecule has 0 aliphatic heterocycles. The first-order valence-corrected chi connectivity index (χ1v) is 5.37. The van der Waals surface area contributed by atoms with Gasteiger partial charge < -0.3 is 4.74 Å². The smallest absolute Gasteiger partial charge is 0.348 e. The van der Waals surface area contributed by atoms with E-state index in [-0.39, 0.29) is 17.3 Å². The highest BCUT2D eigenvalue weighted by molar-refractivity contribution is 6.31. The van der Waals surface area contributed by atoms with Crippen molar-refractivity contribution in [2.75, 3.05) is 6.61 Å². The number of nitrogens with zero attached hydrogens (tertiary/aromatic N) is 2. The average Bonchev–Trinajstić information content (AvgIpc) is 2.30. The fourth-order valence-corrected chi connectivity index (χ4v) is 1.34. The van der Waals surface area contributed by atoms with Crippen LogP contribution in [0.5, 0.6) is 0 Å². The first-order chi connectivity index (χ1) is 8.08. The van der Waals surface area contributed by atoms with Crippen molar-refractivity contribution < 1.29 is 9.53 Å². The summed E-state index contributed by atoms with van der Waals surface area (Å²) in [7, 11) is 0. The third kappa shape index (κ3) is 3.58. The fraction of sp³-hybridized carbons (Fsp3) is 0.250. The van der Waals surface area contributed by atoms with Crippen LogP contribution >= 0.6 is 11.6 Å². The standard InChI is InChI=1S/C12H11ClN2O2/c1-3-17-12(16)10(6-14)5-9-4-8(2)7-15-11(9)13/h4-5,7H,3H2,1-2H3/b10-5+. The van der Waals surface area contributed by atoms with Gasteiger partial charge in [-0.05, 0) is 31.6 Å². The molecule has 1 rings (SSSR count). The number of carbonyl (C=O) groups excluding carboxylic acids is 1. The number of aromatic nitrogens is 1. The van der Waals surface area contributed by atoms with Crippen LogP contribution < -0.4 is 0 Å². The molecule has 0 unspecified atom stereocenters. The number of rotatable bonds is 3. The van der Waals surface area contributed by atoms with Crippen LogP contribution in [0.15, 0.2) is 17.8 Å². The van der Waals surface area contributed by atoms with E-state index in [0.29, 0.717) is 5.56 Å². The molecule has 0 N–H and O–H groups in total. The zero-order valence-electron chi connectivity index (χ0n) is 9.53. The lowest BCUT2D eigenvalue weighted by Crippen LogP contribution is -2.06. The van der Waals surface area contributed by atoms with Gasteiger partial charge in [-0.1, -0.05) is 11.6 Å². The Bertz CT molecular complexity index is 504. The van der Waals surface area contributed by atoms with Gasteiger partial charge in [0.1, 0.15) is 16.8 Å². The van der Waals surface area contributed by atoms with Gasteiger partial charge in [-0.3, -0.25) is 0 Å². The molecule has 5 heteroatoms. The maximum absolute atomic E-state index is 11.4. The summed E-state index contributed by atoms with van der Waals surface area (Å²) in [6.07, 6.45) is 2.98. The van der Waals surface area contributed by atoms with Crippen LogP contribution in [0.4, 0.5) is 0 Å². The van der Waals surface area contributed by atoms with E-state index in [2.05, 4.69) is 4.98 Å². The molecule has 0 bridgehead atoms. The highest BCUT2D eigenvalue weighted by Gasteiger charge is 2.11. The third-order valence-electron chi connectivity index (χ3n) is 1.92. The lowest BCUT2D eigenvalue weighted by molar-refractivity contribution is -0.137. The van der Waals surface area contributed by atoms with E-state index in [1.54, 1.807) is 25.3 Å². The molecule has 1 aromatic rings. The minimum atomic E-state index is -0.660. The Hall–Kier alpha value is -1.86. The average molecular weight is 251 g/mol. The van der Waals surface area contributed by atoms with Gasteiger partial charge >= 0.3 is 5.97 Å². The molecule has 0 saturated heterocycles. The first kappa shape index (κ1) is 13.2. The quantitative estimate of drug-likeness (QED) is 0.358. The van der Waals surface area contributed by atoms with Gasteiger partial charge in [-0.25, -0.2) is 9.78 Å². The Labute approximate surface area is 104 Å². The molecular weight excluding hydrogens is 240 g/mol. The minimum Gasteiger partial charge on any atom is -0.462 e. The maximum Gasteiger partial charge on any atom is 0.348 e. The van der Waals surface area contributed by atoms with Crippen molar-refractivity contribution >= 4 is 23.6 Å². The van der Waals surface area contributed by atoms with Crippen molar-refractivity contribution in [1.29, 1.82) is 5.26 Å². The fourth-order valence-electron chi connectivity index (χ4n) is 1.18. The topological polar surface area (TPSA) is 63.0 Å². The zero-order valence-corrected chi connectivity index (χ0v) is 10.3. The monoisotopic (exact) mass is 250 g/mol. The summed E-state index contributed by atoms with van der Waals surface area (Å²) in [5.41, 5.74) is 1.32. The van der Waals surface area contributed by atoms with Crippen molar-refractivity contribution in [3.8, 4) is 6.07 Å². The first-order valence-electron chi connectivity index (χ1n) is 4.99. The highest BCUT2D eigenvalue weighted by atomic mass is 35.5. The van der Waals surface area contributed by atoms with Crippen LogP contribution in [0.25, 0.3) is 6.08 Å². The van der Waals surface area contributed by atoms with E-state index in [1.807, 2.05) is 6.92 Å². The van der Waals surface area contributed by atoms with Gasteiger partial charge in [0, 0.05) is 11.8 Å². The van der Waals surface area contributed by atoms with Gasteiger partial charge in [0.2, 0.25) is 0 Å². The Morgan fingerprint density at radius 1 is 1.71 bits per heavy atom. The van der Waals surface area contributed by atoms with Crippen LogP contribution in [0.3, 0.4) is 0 Å². The van der Waals surface area contributed by atoms with Crippen LogP contribution in [0.2, 0.25) is 5.15 Å². The molecule has 0 spiro atoms. The Balaban J connectivity index is 3.11. The molecule has 17 heavy (non-hydrogen) atoms. The van der Waals surface area contributed by atoms with Crippen molar-refractivity contribution in [3.05, 3.63) is 34.1 Å². The summed E-state index contributed by atoms with van der Waals surface area (Å²) in [5.74, 6) is -0.660. The normalized spacial score (nSPS) is 10.8. The molecule has 0 aliphatic rings. The van der Waals surface area contributed by atoms with Crippen molar-refractivity contribution in [2.24, 2.45) is 0 Å². The molecular formula is C12H11ClN2O2. The number of nitriles is 1. The van der Waals surface area contributed by atoms with Gasteiger partial charge in [0.05, 0.1) is 6.61 Å². The zero-order chi connectivity index (χ0) is 12.8. The molecule has 0 aromatic carbocycles. The van der Waals surface area contributed by atoms with Crippen molar-refractivity contribution in [2.45, 2.75) is 13.8 Å². The number of hydrogen-bond donors (Lipinski definition) is 0. The second kappa shape index (κ2) is 6.02. The molecule has 0 aliphatic carbocycles. The molecule has 0 saturated carbocycles. The molecule has 0 amide bonds. The largest absolute Gasteiger partial charge is 0.462 e. The van der Waals surface area contributed by atoms with Crippen LogP contribution in [0.1, 0.15) is 18.1 Å². The summed E-state index contributed by atoms with van der Waals surface area (Å²) in [6, 6.07) is 3.52. The summed E-state index contributed by atoms with van der Waals surface area (Å²) < 4.78 is 4.74. The number of halogens is 1. The summed E-state index contributed by atoms with van der Waals surface area (Å²) in [4.78, 5) is 15.3. The predicted molar refractivity (Wildman–Crippen MR) is 64.2 cm³/mol. The Morgan fingerprint density at radius 2 is 2.41 bits per heavy atom. The van der Waals surface area contributed by atoms with E-state index in [4.69, 9.17) is 21.6 Å². The number of pyridine rings is 1. The van der Waals surface area contributed by atoms with Crippen LogP contribution in [-0.4, -0.2) is 17.6 Å². The van der Waals surface area contributed by atoms with Gasteiger partial charge in [0.25, 0.3) is 0 Å². The van der Waals surface area contributed by atoms with Crippen molar-refractivity contribution in [3.63, 3.8) is 0 Å². The number of carbonyl (C=O) groups is 1. The van der Waals surface area contributed by atoms with Crippen LogP contribution in [-0.2, 0) is 9.53 Å². The third-order valence-corrected chi connectivity index (χ3v) is 2.23. The van der Waals surface area contributed by atoms with Crippen LogP contribution in [0, 0.1) is 18.3 Å². The number of hydrogen-bond acceptors (Lipinski definition) is 4. The van der Waals surface area contributed by atoms with Gasteiger partial charge in [-0.2, -0.15) is 5.26 Å². The maximum atomic E-state index is 11.4. The molecule has 4 nitrogen and oxygen atoms in total. The lowest BCUT2D eigenvalue weighted by atomic mass is 10.1. The lowest BCUT2D eigenvalue weighted by Gasteiger charge is -2.02. The Morgan fingerprint density at radius 3 is 3.00 bits per heavy atom. The van der Waals surface area contributed by atoms with E-state index < -0.39 is 5.97 Å². The van der Waals surface area contributed by atoms with Crippen molar-refractivity contribution in [1.82, 2.24) is 4.98 Å². The molecule has 0 atom stereocenters. The molecule has 1 aromatic heterocycles. The number of esters is 1. The van der Waals surface area contributed by atoms with E-state index in [9.17, 15) is 4.79 Å². The van der Waals surface area contributed by atoms with E-state index >= 15 is 0 Å². The second-order valence-corrected chi connectivity index (χ2v) is 3.64. The molecule has 0 fully saturated rings. The second-order valence-electron chi connectivity index (χ2n) is 3.28. The molecule has 1 heterocycles. The summed E-state index contributed by atoms with van der Waals surface area (Å²) in [5, 5.41) is 9.11. The SMILES string of the molecule is CCOC(=O)/C(C#N)=C/c1cc(C)cnc1Cl. The molecule has 0 radical (unpaired) electrons. The number of ether oxygens (including phenoxy) is 1. The minimum absolute atomic E-state index is 0.0962.